The standard InChI is InChI=1S/C11H12BrF4N/c1-7(17-6-11(14,15)16)5-8-3-2-4-9(12)10(8)13/h2-4,7,17H,5-6H2,1H3. The molecule has 0 aliphatic rings. The molecule has 0 saturated heterocycles. The molecule has 0 spiro atoms. The first kappa shape index (κ1) is 14.4. The summed E-state index contributed by atoms with van der Waals surface area (Å²) in [6.45, 7) is 0.524. The van der Waals surface area contributed by atoms with E-state index >= 15 is 0 Å². The molecule has 1 unspecified atom stereocenters. The van der Waals surface area contributed by atoms with E-state index < -0.39 is 24.6 Å². The van der Waals surface area contributed by atoms with Crippen molar-refractivity contribution >= 4 is 15.9 Å². The van der Waals surface area contributed by atoms with Crippen LogP contribution in [0, 0.1) is 5.82 Å². The normalized spacial score (nSPS) is 13.8. The van der Waals surface area contributed by atoms with Gasteiger partial charge in [-0.2, -0.15) is 13.2 Å². The molecular weight excluding hydrogens is 302 g/mol. The first-order valence-electron chi connectivity index (χ1n) is 5.02. The van der Waals surface area contributed by atoms with E-state index in [9.17, 15) is 17.6 Å². The average molecular weight is 314 g/mol. The van der Waals surface area contributed by atoms with E-state index in [2.05, 4.69) is 21.2 Å². The van der Waals surface area contributed by atoms with Crippen LogP contribution >= 0.6 is 15.9 Å². The summed E-state index contributed by atoms with van der Waals surface area (Å²) in [4.78, 5) is 0. The molecule has 1 N–H and O–H groups in total. The van der Waals surface area contributed by atoms with Crippen LogP contribution in [-0.2, 0) is 6.42 Å². The van der Waals surface area contributed by atoms with Crippen LogP contribution in [0.4, 0.5) is 17.6 Å². The monoisotopic (exact) mass is 313 g/mol. The summed E-state index contributed by atoms with van der Waals surface area (Å²) in [5, 5.41) is 2.31. The maximum absolute atomic E-state index is 13.5. The first-order valence-corrected chi connectivity index (χ1v) is 5.82. The maximum Gasteiger partial charge on any atom is 0.401 e. The predicted octanol–water partition coefficient (Wildman–Crippen LogP) is 3.67. The molecule has 0 amide bonds. The van der Waals surface area contributed by atoms with Crippen LogP contribution in [0.1, 0.15) is 12.5 Å². The van der Waals surface area contributed by atoms with Gasteiger partial charge in [-0.15, -0.1) is 0 Å². The fourth-order valence-corrected chi connectivity index (χ4v) is 1.81. The third-order valence-corrected chi connectivity index (χ3v) is 2.82. The largest absolute Gasteiger partial charge is 0.401 e. The lowest BCUT2D eigenvalue weighted by Crippen LogP contribution is -2.36. The van der Waals surface area contributed by atoms with Crippen LogP contribution in [0.3, 0.4) is 0 Å². The fraction of sp³-hybridized carbons (Fsp3) is 0.455. The van der Waals surface area contributed by atoms with Crippen molar-refractivity contribution in [2.45, 2.75) is 25.6 Å². The summed E-state index contributed by atoms with van der Waals surface area (Å²) < 4.78 is 49.7. The van der Waals surface area contributed by atoms with Crippen LogP contribution in [0.2, 0.25) is 0 Å². The molecule has 1 aromatic rings. The second kappa shape index (κ2) is 5.82. The highest BCUT2D eigenvalue weighted by molar-refractivity contribution is 9.10. The zero-order chi connectivity index (χ0) is 13.1. The topological polar surface area (TPSA) is 12.0 Å². The van der Waals surface area contributed by atoms with E-state index in [1.54, 1.807) is 25.1 Å². The van der Waals surface area contributed by atoms with Gasteiger partial charge in [0.25, 0.3) is 0 Å². The number of benzene rings is 1. The highest BCUT2D eigenvalue weighted by atomic mass is 79.9. The van der Waals surface area contributed by atoms with Gasteiger partial charge in [0.2, 0.25) is 0 Å². The molecule has 1 aromatic carbocycles. The Morgan fingerprint density at radius 1 is 1.35 bits per heavy atom. The Bertz CT molecular complexity index is 378. The average Bonchev–Trinajstić information content (AvgIpc) is 2.21. The number of hydrogen-bond acceptors (Lipinski definition) is 1. The molecule has 0 heterocycles. The van der Waals surface area contributed by atoms with Crippen molar-refractivity contribution in [3.63, 3.8) is 0 Å². The fourth-order valence-electron chi connectivity index (χ4n) is 1.40. The first-order chi connectivity index (χ1) is 7.79. The number of alkyl halides is 3. The molecule has 1 atom stereocenters. The van der Waals surface area contributed by atoms with Crippen LogP contribution in [0.5, 0.6) is 0 Å². The van der Waals surface area contributed by atoms with Gasteiger partial charge in [0.15, 0.2) is 0 Å². The second-order valence-electron chi connectivity index (χ2n) is 3.81. The molecular formula is C11H12BrF4N. The molecule has 0 radical (unpaired) electrons. The van der Waals surface area contributed by atoms with E-state index in [0.717, 1.165) is 0 Å². The van der Waals surface area contributed by atoms with Crippen molar-refractivity contribution in [3.8, 4) is 0 Å². The van der Waals surface area contributed by atoms with E-state index in [0.29, 0.717) is 10.0 Å². The number of nitrogens with one attached hydrogen (secondary N) is 1. The SMILES string of the molecule is CC(Cc1cccc(Br)c1F)NCC(F)(F)F. The molecule has 96 valence electrons. The Morgan fingerprint density at radius 3 is 2.59 bits per heavy atom. The van der Waals surface area contributed by atoms with Crippen molar-refractivity contribution in [1.29, 1.82) is 0 Å². The lowest BCUT2D eigenvalue weighted by molar-refractivity contribution is -0.126. The Balaban J connectivity index is 2.56. The molecule has 1 rings (SSSR count). The summed E-state index contributed by atoms with van der Waals surface area (Å²) in [6.07, 6.45) is -4.04. The van der Waals surface area contributed by atoms with Gasteiger partial charge < -0.3 is 5.32 Å². The lowest BCUT2D eigenvalue weighted by Gasteiger charge is -2.16. The highest BCUT2D eigenvalue weighted by Crippen LogP contribution is 2.20. The van der Waals surface area contributed by atoms with Crippen molar-refractivity contribution in [1.82, 2.24) is 5.32 Å². The summed E-state index contributed by atoms with van der Waals surface area (Å²) in [5.41, 5.74) is 0.390. The van der Waals surface area contributed by atoms with Crippen LogP contribution in [0.25, 0.3) is 0 Å². The summed E-state index contributed by atoms with van der Waals surface area (Å²) in [6, 6.07) is 4.32. The van der Waals surface area contributed by atoms with Gasteiger partial charge in [-0.25, -0.2) is 4.39 Å². The molecule has 6 heteroatoms. The summed E-state index contributed by atoms with van der Waals surface area (Å²) in [7, 11) is 0. The van der Waals surface area contributed by atoms with Crippen molar-refractivity contribution < 1.29 is 17.6 Å². The number of hydrogen-bond donors (Lipinski definition) is 1. The van der Waals surface area contributed by atoms with Crippen LogP contribution < -0.4 is 5.32 Å². The zero-order valence-corrected chi connectivity index (χ0v) is 10.7. The van der Waals surface area contributed by atoms with Crippen molar-refractivity contribution in [3.05, 3.63) is 34.1 Å². The third-order valence-electron chi connectivity index (χ3n) is 2.21. The van der Waals surface area contributed by atoms with E-state index in [-0.39, 0.29) is 6.42 Å². The highest BCUT2D eigenvalue weighted by Gasteiger charge is 2.27. The quantitative estimate of drug-likeness (QED) is 0.836. The molecule has 0 fully saturated rings. The minimum atomic E-state index is -4.25. The van der Waals surface area contributed by atoms with Gasteiger partial charge in [0, 0.05) is 6.04 Å². The van der Waals surface area contributed by atoms with Gasteiger partial charge >= 0.3 is 6.18 Å². The minimum absolute atomic E-state index is 0.210. The zero-order valence-electron chi connectivity index (χ0n) is 9.11. The minimum Gasteiger partial charge on any atom is -0.306 e. The molecule has 0 aromatic heterocycles. The molecule has 17 heavy (non-hydrogen) atoms. The van der Waals surface area contributed by atoms with Gasteiger partial charge in [-0.3, -0.25) is 0 Å². The van der Waals surface area contributed by atoms with Gasteiger partial charge in [-0.05, 0) is 40.9 Å². The predicted molar refractivity (Wildman–Crippen MR) is 61.3 cm³/mol. The Kier molecular flexibility index (Phi) is 4.94. The lowest BCUT2D eigenvalue weighted by atomic mass is 10.1. The Morgan fingerprint density at radius 2 is 2.00 bits per heavy atom. The Hall–Kier alpha value is -0.620. The van der Waals surface area contributed by atoms with Crippen LogP contribution in [-0.4, -0.2) is 18.8 Å². The summed E-state index contributed by atoms with van der Waals surface area (Å²) in [5.74, 6) is -0.423. The van der Waals surface area contributed by atoms with E-state index in [1.807, 2.05) is 0 Å². The Labute approximate surface area is 105 Å². The molecule has 0 aliphatic carbocycles. The number of rotatable bonds is 4. The molecule has 0 aliphatic heterocycles. The molecule has 1 nitrogen and oxygen atoms in total. The smallest absolute Gasteiger partial charge is 0.306 e. The van der Waals surface area contributed by atoms with Gasteiger partial charge in [0.1, 0.15) is 5.82 Å². The van der Waals surface area contributed by atoms with Crippen molar-refractivity contribution in [2.75, 3.05) is 6.54 Å². The van der Waals surface area contributed by atoms with Crippen LogP contribution in [0.15, 0.2) is 22.7 Å². The van der Waals surface area contributed by atoms with Gasteiger partial charge in [0.05, 0.1) is 11.0 Å². The van der Waals surface area contributed by atoms with Crippen molar-refractivity contribution in [2.24, 2.45) is 0 Å². The maximum atomic E-state index is 13.5. The molecule has 0 saturated carbocycles. The second-order valence-corrected chi connectivity index (χ2v) is 4.67. The van der Waals surface area contributed by atoms with E-state index in [4.69, 9.17) is 0 Å². The number of halogens is 5. The van der Waals surface area contributed by atoms with E-state index in [1.165, 1.54) is 0 Å². The third kappa shape index (κ3) is 5.04. The van der Waals surface area contributed by atoms with Gasteiger partial charge in [-0.1, -0.05) is 12.1 Å². The summed E-state index contributed by atoms with van der Waals surface area (Å²) >= 11 is 3.03. The molecule has 0 bridgehead atoms.